The van der Waals surface area contributed by atoms with Crippen molar-refractivity contribution >= 4 is 17.7 Å². The van der Waals surface area contributed by atoms with Crippen LogP contribution in [0.25, 0.3) is 11.4 Å². The van der Waals surface area contributed by atoms with Gasteiger partial charge in [-0.05, 0) is 37.0 Å². The van der Waals surface area contributed by atoms with Crippen molar-refractivity contribution in [3.8, 4) is 11.4 Å². The first-order valence-electron chi connectivity index (χ1n) is 9.74. The van der Waals surface area contributed by atoms with E-state index in [1.54, 1.807) is 6.26 Å². The fraction of sp³-hybridized carbons (Fsp3) is 0.409. The van der Waals surface area contributed by atoms with Crippen LogP contribution in [-0.4, -0.2) is 33.0 Å². The maximum absolute atomic E-state index is 12.2. The Kier molecular flexibility index (Phi) is 6.79. The monoisotopic (exact) mass is 412 g/mol. The van der Waals surface area contributed by atoms with Crippen molar-refractivity contribution in [3.63, 3.8) is 0 Å². The van der Waals surface area contributed by atoms with Gasteiger partial charge < -0.3 is 9.73 Å². The van der Waals surface area contributed by atoms with Crippen molar-refractivity contribution in [1.82, 2.24) is 20.1 Å². The van der Waals surface area contributed by atoms with Crippen LogP contribution in [0, 0.1) is 12.3 Å². The number of thioether (sulfide) groups is 1. The first kappa shape index (κ1) is 21.2. The lowest BCUT2D eigenvalue weighted by Gasteiger charge is -2.17. The molecule has 3 rings (SSSR count). The molecule has 2 heterocycles. The molecule has 0 saturated heterocycles. The SMILES string of the molecule is Cc1cccc(-c2nnc(SCC(=O)NCCC(C)(C)C)n2Cc2ccco2)c1. The number of aromatic nitrogens is 3. The summed E-state index contributed by atoms with van der Waals surface area (Å²) in [4.78, 5) is 12.2. The summed E-state index contributed by atoms with van der Waals surface area (Å²) in [6.07, 6.45) is 2.59. The molecule has 1 amide bonds. The van der Waals surface area contributed by atoms with Crippen LogP contribution >= 0.6 is 11.8 Å². The fourth-order valence-corrected chi connectivity index (χ4v) is 3.62. The normalized spacial score (nSPS) is 11.6. The van der Waals surface area contributed by atoms with Crippen LogP contribution in [-0.2, 0) is 11.3 Å². The number of hydrogen-bond acceptors (Lipinski definition) is 5. The van der Waals surface area contributed by atoms with Gasteiger partial charge in [0.1, 0.15) is 5.76 Å². The van der Waals surface area contributed by atoms with E-state index in [9.17, 15) is 4.79 Å². The molecule has 1 N–H and O–H groups in total. The maximum atomic E-state index is 12.2. The Morgan fingerprint density at radius 1 is 1.21 bits per heavy atom. The lowest BCUT2D eigenvalue weighted by Crippen LogP contribution is -2.28. The van der Waals surface area contributed by atoms with Crippen LogP contribution in [0.5, 0.6) is 0 Å². The Bertz CT molecular complexity index is 942. The molecule has 0 atom stereocenters. The average molecular weight is 413 g/mol. The summed E-state index contributed by atoms with van der Waals surface area (Å²) in [6.45, 7) is 9.73. The Labute approximate surface area is 176 Å². The number of carbonyl (C=O) groups excluding carboxylic acids is 1. The Hall–Kier alpha value is -2.54. The zero-order valence-electron chi connectivity index (χ0n) is 17.4. The molecule has 2 aromatic heterocycles. The summed E-state index contributed by atoms with van der Waals surface area (Å²) >= 11 is 1.39. The summed E-state index contributed by atoms with van der Waals surface area (Å²) in [6, 6.07) is 11.9. The smallest absolute Gasteiger partial charge is 0.230 e. The number of furan rings is 1. The molecule has 0 radical (unpaired) electrons. The van der Waals surface area contributed by atoms with Gasteiger partial charge in [0.05, 0.1) is 18.6 Å². The molecule has 0 unspecified atom stereocenters. The maximum Gasteiger partial charge on any atom is 0.230 e. The van der Waals surface area contributed by atoms with Crippen LogP contribution in [0.3, 0.4) is 0 Å². The highest BCUT2D eigenvalue weighted by Gasteiger charge is 2.17. The molecule has 3 aromatic rings. The lowest BCUT2D eigenvalue weighted by atomic mass is 9.92. The topological polar surface area (TPSA) is 73.0 Å². The van der Waals surface area contributed by atoms with Gasteiger partial charge in [-0.2, -0.15) is 0 Å². The molecule has 0 aliphatic heterocycles. The minimum atomic E-state index is 0.00361. The van der Waals surface area contributed by atoms with Gasteiger partial charge in [0.2, 0.25) is 5.91 Å². The van der Waals surface area contributed by atoms with Gasteiger partial charge in [0.15, 0.2) is 11.0 Å². The highest BCUT2D eigenvalue weighted by Crippen LogP contribution is 2.26. The number of nitrogens with one attached hydrogen (secondary N) is 1. The van der Waals surface area contributed by atoms with Gasteiger partial charge in [-0.1, -0.05) is 56.3 Å². The van der Waals surface area contributed by atoms with E-state index in [2.05, 4.69) is 42.4 Å². The molecule has 0 bridgehead atoms. The zero-order chi connectivity index (χ0) is 20.9. The van der Waals surface area contributed by atoms with Crippen molar-refractivity contribution in [2.45, 2.75) is 45.8 Å². The molecular formula is C22H28N4O2S. The molecule has 0 spiro atoms. The lowest BCUT2D eigenvalue weighted by molar-refractivity contribution is -0.118. The molecule has 0 fully saturated rings. The number of carbonyl (C=O) groups is 1. The number of benzene rings is 1. The highest BCUT2D eigenvalue weighted by atomic mass is 32.2. The number of amides is 1. The molecule has 154 valence electrons. The van der Waals surface area contributed by atoms with Gasteiger partial charge in [-0.25, -0.2) is 0 Å². The van der Waals surface area contributed by atoms with Crippen molar-refractivity contribution in [2.75, 3.05) is 12.3 Å². The first-order chi connectivity index (χ1) is 13.8. The third kappa shape index (κ3) is 6.22. The fourth-order valence-electron chi connectivity index (χ4n) is 2.85. The van der Waals surface area contributed by atoms with E-state index in [1.165, 1.54) is 11.8 Å². The standard InChI is InChI=1S/C22H28N4O2S/c1-16-7-5-8-17(13-16)20-24-25-21(26(20)14-18-9-6-12-28-18)29-15-19(27)23-11-10-22(2,3)4/h5-9,12-13H,10-11,14-15H2,1-4H3,(H,23,27). The second kappa shape index (κ2) is 9.31. The highest BCUT2D eigenvalue weighted by molar-refractivity contribution is 7.99. The summed E-state index contributed by atoms with van der Waals surface area (Å²) in [5.41, 5.74) is 2.35. The molecule has 1 aromatic carbocycles. The van der Waals surface area contributed by atoms with Crippen LogP contribution in [0.4, 0.5) is 0 Å². The largest absolute Gasteiger partial charge is 0.467 e. The Morgan fingerprint density at radius 3 is 2.72 bits per heavy atom. The van der Waals surface area contributed by atoms with Gasteiger partial charge in [-0.15, -0.1) is 10.2 Å². The van der Waals surface area contributed by atoms with Crippen LogP contribution in [0.2, 0.25) is 0 Å². The van der Waals surface area contributed by atoms with E-state index >= 15 is 0 Å². The van der Waals surface area contributed by atoms with E-state index in [0.717, 1.165) is 29.1 Å². The van der Waals surface area contributed by atoms with Crippen LogP contribution in [0.1, 0.15) is 38.5 Å². The Balaban J connectivity index is 1.73. The number of nitrogens with zero attached hydrogens (tertiary/aromatic N) is 3. The van der Waals surface area contributed by atoms with E-state index in [0.29, 0.717) is 24.0 Å². The van der Waals surface area contributed by atoms with Gasteiger partial charge in [-0.3, -0.25) is 9.36 Å². The molecule has 0 aliphatic carbocycles. The van der Waals surface area contributed by atoms with E-state index in [4.69, 9.17) is 4.42 Å². The second-order valence-electron chi connectivity index (χ2n) is 8.29. The Morgan fingerprint density at radius 2 is 2.03 bits per heavy atom. The van der Waals surface area contributed by atoms with Crippen LogP contribution < -0.4 is 5.32 Å². The second-order valence-corrected chi connectivity index (χ2v) is 9.23. The third-order valence-corrected chi connectivity index (χ3v) is 5.38. The number of hydrogen-bond donors (Lipinski definition) is 1. The zero-order valence-corrected chi connectivity index (χ0v) is 18.3. The molecule has 0 saturated carbocycles. The number of rotatable bonds is 8. The molecule has 7 heteroatoms. The summed E-state index contributed by atoms with van der Waals surface area (Å²) in [5, 5.41) is 12.4. The van der Waals surface area contributed by atoms with Gasteiger partial charge >= 0.3 is 0 Å². The molecule has 6 nitrogen and oxygen atoms in total. The average Bonchev–Trinajstić information content (AvgIpc) is 3.29. The van der Waals surface area contributed by atoms with Crippen molar-refractivity contribution in [2.24, 2.45) is 5.41 Å². The molecular weight excluding hydrogens is 384 g/mol. The predicted molar refractivity (Wildman–Crippen MR) is 116 cm³/mol. The molecule has 29 heavy (non-hydrogen) atoms. The van der Waals surface area contributed by atoms with E-state index in [1.807, 2.05) is 41.8 Å². The van der Waals surface area contributed by atoms with Crippen LogP contribution in [0.15, 0.2) is 52.2 Å². The van der Waals surface area contributed by atoms with Crippen molar-refractivity contribution in [1.29, 1.82) is 0 Å². The van der Waals surface area contributed by atoms with Gasteiger partial charge in [0, 0.05) is 12.1 Å². The number of aryl methyl sites for hydroxylation is 1. The molecule has 0 aliphatic rings. The third-order valence-electron chi connectivity index (χ3n) is 4.42. The van der Waals surface area contributed by atoms with Crippen molar-refractivity contribution < 1.29 is 9.21 Å². The minimum absolute atomic E-state index is 0.00361. The predicted octanol–water partition coefficient (Wildman–Crippen LogP) is 4.54. The van der Waals surface area contributed by atoms with E-state index < -0.39 is 0 Å². The quantitative estimate of drug-likeness (QED) is 0.550. The first-order valence-corrected chi connectivity index (χ1v) is 10.7. The minimum Gasteiger partial charge on any atom is -0.467 e. The van der Waals surface area contributed by atoms with Gasteiger partial charge in [0.25, 0.3) is 0 Å². The van der Waals surface area contributed by atoms with Crippen molar-refractivity contribution in [3.05, 3.63) is 54.0 Å². The van der Waals surface area contributed by atoms with E-state index in [-0.39, 0.29) is 11.3 Å². The summed E-state index contributed by atoms with van der Waals surface area (Å²) in [7, 11) is 0. The summed E-state index contributed by atoms with van der Waals surface area (Å²) < 4.78 is 7.52. The summed E-state index contributed by atoms with van der Waals surface area (Å²) in [5.74, 6) is 1.88.